The molecule has 0 spiro atoms. The van der Waals surface area contributed by atoms with Crippen LogP contribution < -0.4 is 14.8 Å². The van der Waals surface area contributed by atoms with Gasteiger partial charge in [-0.05, 0) is 44.4 Å². The Labute approximate surface area is 211 Å². The molecule has 0 aliphatic heterocycles. The first-order chi connectivity index (χ1) is 17.2. The van der Waals surface area contributed by atoms with Crippen molar-refractivity contribution >= 4 is 12.1 Å². The van der Waals surface area contributed by atoms with Gasteiger partial charge in [0.15, 0.2) is 5.56 Å². The van der Waals surface area contributed by atoms with Crippen molar-refractivity contribution in [1.82, 2.24) is 10.3 Å². The van der Waals surface area contributed by atoms with Gasteiger partial charge >= 0.3 is 12.1 Å². The minimum atomic E-state index is -0.647. The second-order valence-corrected chi connectivity index (χ2v) is 9.10. The molecule has 0 unspecified atom stereocenters. The minimum absolute atomic E-state index is 0.0350. The van der Waals surface area contributed by atoms with Gasteiger partial charge in [0, 0.05) is 6.20 Å². The van der Waals surface area contributed by atoms with Crippen LogP contribution in [0.25, 0.3) is 0 Å². The molecule has 0 saturated carbocycles. The van der Waals surface area contributed by atoms with Crippen LogP contribution in [0.15, 0.2) is 72.9 Å². The second-order valence-electron chi connectivity index (χ2n) is 9.10. The Morgan fingerprint density at radius 2 is 1.58 bits per heavy atom. The number of aromatic nitrogens is 1. The molecule has 3 rings (SSSR count). The SMILES string of the molecule is COc1ccnc(OC[C@@H](Cc2ccccc2)NC(=O)OC(C)(C)C)c1C(=O)OCc1ccccc1. The minimum Gasteiger partial charge on any atom is -0.496 e. The summed E-state index contributed by atoms with van der Waals surface area (Å²) >= 11 is 0. The molecule has 1 aromatic heterocycles. The molecule has 0 aliphatic carbocycles. The van der Waals surface area contributed by atoms with Gasteiger partial charge in [-0.1, -0.05) is 60.7 Å². The van der Waals surface area contributed by atoms with Crippen LogP contribution in [0.1, 0.15) is 42.3 Å². The fraction of sp³-hybridized carbons (Fsp3) is 0.321. The number of hydrogen-bond donors (Lipinski definition) is 1. The maximum absolute atomic E-state index is 13.0. The fourth-order valence-corrected chi connectivity index (χ4v) is 3.39. The van der Waals surface area contributed by atoms with Crippen molar-refractivity contribution in [1.29, 1.82) is 0 Å². The Morgan fingerprint density at radius 1 is 0.944 bits per heavy atom. The standard InChI is InChI=1S/C28H32N2O6/c1-28(2,3)36-27(32)30-22(17-20-11-7-5-8-12-20)19-34-25-24(23(33-4)15-16-29-25)26(31)35-18-21-13-9-6-10-14-21/h5-16,22H,17-19H2,1-4H3,(H,30,32)/t22-/m1/s1. The number of benzene rings is 2. The smallest absolute Gasteiger partial charge is 0.408 e. The molecule has 36 heavy (non-hydrogen) atoms. The molecule has 0 bridgehead atoms. The summed E-state index contributed by atoms with van der Waals surface area (Å²) in [6.07, 6.45) is 1.40. The third kappa shape index (κ3) is 8.30. The summed E-state index contributed by atoms with van der Waals surface area (Å²) in [5.74, 6) is -0.298. The highest BCUT2D eigenvalue weighted by Crippen LogP contribution is 2.27. The summed E-state index contributed by atoms with van der Waals surface area (Å²) in [7, 11) is 1.45. The summed E-state index contributed by atoms with van der Waals surface area (Å²) in [5.41, 5.74) is 1.28. The van der Waals surface area contributed by atoms with Gasteiger partial charge in [-0.2, -0.15) is 0 Å². The number of amides is 1. The Kier molecular flexibility index (Phi) is 9.27. The highest BCUT2D eigenvalue weighted by molar-refractivity contribution is 5.95. The van der Waals surface area contributed by atoms with Crippen molar-refractivity contribution in [2.24, 2.45) is 0 Å². The monoisotopic (exact) mass is 492 g/mol. The highest BCUT2D eigenvalue weighted by Gasteiger charge is 2.24. The van der Waals surface area contributed by atoms with Crippen LogP contribution in [-0.4, -0.2) is 42.4 Å². The average molecular weight is 493 g/mol. The van der Waals surface area contributed by atoms with Gasteiger partial charge in [0.05, 0.1) is 13.2 Å². The first-order valence-electron chi connectivity index (χ1n) is 11.7. The van der Waals surface area contributed by atoms with Crippen molar-refractivity contribution in [2.75, 3.05) is 13.7 Å². The van der Waals surface area contributed by atoms with Crippen molar-refractivity contribution in [3.8, 4) is 11.6 Å². The molecule has 0 fully saturated rings. The quantitative estimate of drug-likeness (QED) is 0.400. The summed E-state index contributed by atoms with van der Waals surface area (Å²) < 4.78 is 22.2. The largest absolute Gasteiger partial charge is 0.496 e. The molecular formula is C28H32N2O6. The third-order valence-corrected chi connectivity index (χ3v) is 4.98. The third-order valence-electron chi connectivity index (χ3n) is 4.98. The summed E-state index contributed by atoms with van der Waals surface area (Å²) in [6.45, 7) is 5.51. The highest BCUT2D eigenvalue weighted by atomic mass is 16.6. The summed E-state index contributed by atoms with van der Waals surface area (Å²) in [5, 5.41) is 2.85. The second kappa shape index (κ2) is 12.6. The van der Waals surface area contributed by atoms with Gasteiger partial charge in [-0.15, -0.1) is 0 Å². The molecule has 2 aromatic carbocycles. The van der Waals surface area contributed by atoms with Gasteiger partial charge in [-0.25, -0.2) is 14.6 Å². The van der Waals surface area contributed by atoms with E-state index in [4.69, 9.17) is 18.9 Å². The van der Waals surface area contributed by atoms with Gasteiger partial charge in [-0.3, -0.25) is 0 Å². The first-order valence-corrected chi connectivity index (χ1v) is 11.7. The maximum Gasteiger partial charge on any atom is 0.408 e. The molecule has 8 nitrogen and oxygen atoms in total. The molecule has 1 N–H and O–H groups in total. The molecular weight excluding hydrogens is 460 g/mol. The zero-order chi connectivity index (χ0) is 26.0. The number of hydrogen-bond acceptors (Lipinski definition) is 7. The topological polar surface area (TPSA) is 96.0 Å². The molecule has 1 atom stereocenters. The lowest BCUT2D eigenvalue weighted by molar-refractivity contribution is 0.0448. The lowest BCUT2D eigenvalue weighted by Crippen LogP contribution is -2.43. The first kappa shape index (κ1) is 26.5. The molecule has 0 saturated heterocycles. The van der Waals surface area contributed by atoms with Gasteiger partial charge in [0.1, 0.15) is 24.6 Å². The van der Waals surface area contributed by atoms with Crippen molar-refractivity contribution < 1.29 is 28.5 Å². The number of rotatable bonds is 10. The predicted molar refractivity (Wildman–Crippen MR) is 135 cm³/mol. The Bertz CT molecular complexity index is 1130. The number of esters is 1. The Balaban J connectivity index is 1.76. The molecule has 1 heterocycles. The van der Waals surface area contributed by atoms with E-state index >= 15 is 0 Å². The molecule has 0 radical (unpaired) electrons. The number of carbonyl (C=O) groups excluding carboxylic acids is 2. The van der Waals surface area contributed by atoms with E-state index in [1.165, 1.54) is 13.3 Å². The number of methoxy groups -OCH3 is 1. The normalized spacial score (nSPS) is 11.8. The zero-order valence-electron chi connectivity index (χ0n) is 21.0. The number of pyridine rings is 1. The summed E-state index contributed by atoms with van der Waals surface area (Å²) in [4.78, 5) is 29.7. The van der Waals surface area contributed by atoms with Gasteiger partial charge in [0.2, 0.25) is 5.88 Å². The molecule has 3 aromatic rings. The van der Waals surface area contributed by atoms with Crippen LogP contribution in [-0.2, 0) is 22.5 Å². The van der Waals surface area contributed by atoms with Crippen LogP contribution in [0.2, 0.25) is 0 Å². The van der Waals surface area contributed by atoms with Crippen LogP contribution in [0, 0.1) is 0 Å². The molecule has 1 amide bonds. The van der Waals surface area contributed by atoms with E-state index in [9.17, 15) is 9.59 Å². The van der Waals surface area contributed by atoms with Crippen molar-refractivity contribution in [2.45, 2.75) is 45.4 Å². The van der Waals surface area contributed by atoms with Crippen LogP contribution in [0.5, 0.6) is 11.6 Å². The van der Waals surface area contributed by atoms with E-state index in [-0.39, 0.29) is 30.4 Å². The van der Waals surface area contributed by atoms with Crippen molar-refractivity contribution in [3.63, 3.8) is 0 Å². The maximum atomic E-state index is 13.0. The van der Waals surface area contributed by atoms with Gasteiger partial charge in [0.25, 0.3) is 0 Å². The lowest BCUT2D eigenvalue weighted by Gasteiger charge is -2.24. The van der Waals surface area contributed by atoms with E-state index in [0.717, 1.165) is 11.1 Å². The predicted octanol–water partition coefficient (Wildman–Crippen LogP) is 4.96. The molecule has 8 heteroatoms. The average Bonchev–Trinajstić information content (AvgIpc) is 2.85. The number of alkyl carbamates (subject to hydrolysis) is 1. The number of carbonyl (C=O) groups is 2. The van der Waals surface area contributed by atoms with Crippen LogP contribution in [0.4, 0.5) is 4.79 Å². The molecule has 190 valence electrons. The van der Waals surface area contributed by atoms with Crippen LogP contribution in [0.3, 0.4) is 0 Å². The fourth-order valence-electron chi connectivity index (χ4n) is 3.39. The zero-order valence-corrected chi connectivity index (χ0v) is 21.0. The number of ether oxygens (including phenoxy) is 4. The van der Waals surface area contributed by atoms with E-state index in [2.05, 4.69) is 10.3 Å². The summed E-state index contributed by atoms with van der Waals surface area (Å²) in [6, 6.07) is 20.1. The van der Waals surface area contributed by atoms with Crippen LogP contribution >= 0.6 is 0 Å². The molecule has 0 aliphatic rings. The Hall–Kier alpha value is -4.07. The lowest BCUT2D eigenvalue weighted by atomic mass is 10.1. The van der Waals surface area contributed by atoms with E-state index in [1.54, 1.807) is 26.8 Å². The van der Waals surface area contributed by atoms with Crippen molar-refractivity contribution in [3.05, 3.63) is 89.6 Å². The Morgan fingerprint density at radius 3 is 2.19 bits per heavy atom. The number of nitrogens with one attached hydrogen (secondary N) is 1. The van der Waals surface area contributed by atoms with E-state index < -0.39 is 23.7 Å². The van der Waals surface area contributed by atoms with E-state index in [0.29, 0.717) is 6.42 Å². The van der Waals surface area contributed by atoms with E-state index in [1.807, 2.05) is 60.7 Å². The van der Waals surface area contributed by atoms with Gasteiger partial charge < -0.3 is 24.3 Å². The number of nitrogens with zero attached hydrogens (tertiary/aromatic N) is 1.